The van der Waals surface area contributed by atoms with E-state index in [4.69, 9.17) is 0 Å². The van der Waals surface area contributed by atoms with Crippen molar-refractivity contribution in [3.8, 4) is 0 Å². The van der Waals surface area contributed by atoms with E-state index < -0.39 is 17.6 Å². The van der Waals surface area contributed by atoms with Crippen molar-refractivity contribution in [2.24, 2.45) is 5.92 Å². The number of hydrogen-bond acceptors (Lipinski definition) is 0. The Morgan fingerprint density at radius 2 is 1.67 bits per heavy atom. The summed E-state index contributed by atoms with van der Waals surface area (Å²) in [5.41, 5.74) is 5.21. The fourth-order valence-corrected chi connectivity index (χ4v) is 5.29. The van der Waals surface area contributed by atoms with Crippen LogP contribution in [0.3, 0.4) is 0 Å². The largest absolute Gasteiger partial charge is 0.419 e. The maximum atomic E-state index is 14.0. The molecule has 160 valence electrons. The van der Waals surface area contributed by atoms with E-state index in [1.54, 1.807) is 0 Å². The average molecular weight is 417 g/mol. The summed E-state index contributed by atoms with van der Waals surface area (Å²) in [5, 5.41) is 0. The van der Waals surface area contributed by atoms with Gasteiger partial charge in [-0.25, -0.2) is 4.39 Å². The van der Waals surface area contributed by atoms with Crippen molar-refractivity contribution >= 4 is 0 Å². The van der Waals surface area contributed by atoms with Crippen LogP contribution in [0.2, 0.25) is 0 Å². The van der Waals surface area contributed by atoms with Gasteiger partial charge in [0.15, 0.2) is 0 Å². The molecule has 2 aliphatic rings. The first-order valence-corrected chi connectivity index (χ1v) is 11.0. The van der Waals surface area contributed by atoms with Crippen molar-refractivity contribution in [3.63, 3.8) is 0 Å². The summed E-state index contributed by atoms with van der Waals surface area (Å²) in [6, 6.07) is 7.89. The lowest BCUT2D eigenvalue weighted by atomic mass is 9.73. The molecule has 4 heteroatoms. The lowest BCUT2D eigenvalue weighted by molar-refractivity contribution is -0.140. The Morgan fingerprint density at radius 1 is 0.967 bits per heavy atom. The van der Waals surface area contributed by atoms with Gasteiger partial charge in [0.1, 0.15) is 5.82 Å². The van der Waals surface area contributed by atoms with E-state index in [1.165, 1.54) is 41.2 Å². The van der Waals surface area contributed by atoms with Gasteiger partial charge in [-0.05, 0) is 110 Å². The lowest BCUT2D eigenvalue weighted by Gasteiger charge is -2.32. The molecule has 2 aromatic rings. The lowest BCUT2D eigenvalue weighted by Crippen LogP contribution is -2.21. The number of allylic oxidation sites excluding steroid dienone is 2. The summed E-state index contributed by atoms with van der Waals surface area (Å²) < 4.78 is 52.6. The SMILES string of the molecule is C/C=C/CCC1CCc2c(ccc3c2CCC(c2ccc(C(F)(F)F)c(F)c2)C3)C1. The van der Waals surface area contributed by atoms with Crippen LogP contribution in [0.4, 0.5) is 17.6 Å². The van der Waals surface area contributed by atoms with Crippen LogP contribution in [0.15, 0.2) is 42.5 Å². The zero-order chi connectivity index (χ0) is 21.3. The normalized spacial score (nSPS) is 21.5. The molecule has 0 nitrogen and oxygen atoms in total. The van der Waals surface area contributed by atoms with Gasteiger partial charge < -0.3 is 0 Å². The molecular formula is C26H28F4. The van der Waals surface area contributed by atoms with Crippen LogP contribution in [-0.4, -0.2) is 0 Å². The molecule has 2 aromatic carbocycles. The summed E-state index contributed by atoms with van der Waals surface area (Å²) >= 11 is 0. The third-order valence-corrected chi connectivity index (χ3v) is 6.89. The van der Waals surface area contributed by atoms with Crippen LogP contribution < -0.4 is 0 Å². The summed E-state index contributed by atoms with van der Waals surface area (Å²) in [4.78, 5) is 0. The Balaban J connectivity index is 1.50. The molecule has 0 spiro atoms. The number of alkyl halides is 3. The van der Waals surface area contributed by atoms with E-state index in [0.29, 0.717) is 5.56 Å². The third-order valence-electron chi connectivity index (χ3n) is 6.89. The molecule has 4 rings (SSSR count). The molecule has 0 N–H and O–H groups in total. The van der Waals surface area contributed by atoms with Crippen LogP contribution >= 0.6 is 0 Å². The standard InChI is InChI=1S/C26H28F4/c1-2-3-4-5-17-6-11-22-20(14-17)7-8-21-15-18(9-12-23(21)22)19-10-13-24(25(27)16-19)26(28,29)30/h2-3,7-8,10,13,16-18H,4-6,9,11-12,14-15H2,1H3/b3-2+. The van der Waals surface area contributed by atoms with Crippen molar-refractivity contribution < 1.29 is 17.6 Å². The number of benzene rings is 2. The molecule has 0 amide bonds. The monoisotopic (exact) mass is 416 g/mol. The minimum Gasteiger partial charge on any atom is -0.206 e. The van der Waals surface area contributed by atoms with Gasteiger partial charge in [-0.2, -0.15) is 13.2 Å². The first-order valence-electron chi connectivity index (χ1n) is 11.0. The van der Waals surface area contributed by atoms with Gasteiger partial charge in [-0.15, -0.1) is 0 Å². The number of rotatable bonds is 4. The van der Waals surface area contributed by atoms with Crippen LogP contribution in [0.1, 0.15) is 71.9 Å². The van der Waals surface area contributed by atoms with Crippen LogP contribution in [0.5, 0.6) is 0 Å². The maximum Gasteiger partial charge on any atom is 0.419 e. The molecule has 0 fully saturated rings. The van der Waals surface area contributed by atoms with Crippen molar-refractivity contribution in [3.05, 3.63) is 81.7 Å². The minimum absolute atomic E-state index is 0.0736. The molecule has 0 radical (unpaired) electrons. The predicted molar refractivity (Wildman–Crippen MR) is 112 cm³/mol. The van der Waals surface area contributed by atoms with Crippen LogP contribution in [0.25, 0.3) is 0 Å². The summed E-state index contributed by atoms with van der Waals surface area (Å²) in [5.74, 6) is -0.345. The Bertz CT molecular complexity index is 939. The highest BCUT2D eigenvalue weighted by Gasteiger charge is 2.34. The number of hydrogen-bond donors (Lipinski definition) is 0. The topological polar surface area (TPSA) is 0 Å². The van der Waals surface area contributed by atoms with Crippen LogP contribution in [-0.2, 0) is 31.9 Å². The van der Waals surface area contributed by atoms with Crippen molar-refractivity contribution in [1.82, 2.24) is 0 Å². The third kappa shape index (κ3) is 4.33. The first kappa shape index (κ1) is 21.1. The highest BCUT2D eigenvalue weighted by Crippen LogP contribution is 2.40. The van der Waals surface area contributed by atoms with Crippen molar-refractivity contribution in [1.29, 1.82) is 0 Å². The molecule has 2 unspecified atom stereocenters. The fraction of sp³-hybridized carbons (Fsp3) is 0.462. The summed E-state index contributed by atoms with van der Waals surface area (Å²) in [6.45, 7) is 2.06. The Morgan fingerprint density at radius 3 is 2.33 bits per heavy atom. The summed E-state index contributed by atoms with van der Waals surface area (Å²) in [6.07, 6.45) is 8.16. The van der Waals surface area contributed by atoms with Gasteiger partial charge in [0, 0.05) is 0 Å². The maximum absolute atomic E-state index is 14.0. The second kappa shape index (κ2) is 8.56. The molecule has 0 aromatic heterocycles. The molecule has 0 heterocycles. The van der Waals surface area contributed by atoms with Gasteiger partial charge in [0.05, 0.1) is 5.56 Å². The zero-order valence-electron chi connectivity index (χ0n) is 17.4. The smallest absolute Gasteiger partial charge is 0.206 e. The van der Waals surface area contributed by atoms with E-state index >= 15 is 0 Å². The molecule has 30 heavy (non-hydrogen) atoms. The Labute approximate surface area is 176 Å². The van der Waals surface area contributed by atoms with Gasteiger partial charge in [0.25, 0.3) is 0 Å². The van der Waals surface area contributed by atoms with Gasteiger partial charge >= 0.3 is 6.18 Å². The fourth-order valence-electron chi connectivity index (χ4n) is 5.29. The summed E-state index contributed by atoms with van der Waals surface area (Å²) in [7, 11) is 0. The van der Waals surface area contributed by atoms with E-state index in [2.05, 4.69) is 31.2 Å². The quantitative estimate of drug-likeness (QED) is 0.356. The second-order valence-electron chi connectivity index (χ2n) is 8.77. The zero-order valence-corrected chi connectivity index (χ0v) is 17.4. The number of fused-ring (bicyclic) bond motifs is 3. The highest BCUT2D eigenvalue weighted by molar-refractivity contribution is 5.45. The van der Waals surface area contributed by atoms with Crippen LogP contribution in [0, 0.1) is 11.7 Å². The van der Waals surface area contributed by atoms with E-state index in [-0.39, 0.29) is 5.92 Å². The van der Waals surface area contributed by atoms with E-state index in [1.807, 2.05) is 0 Å². The molecular weight excluding hydrogens is 388 g/mol. The first-order chi connectivity index (χ1) is 14.4. The molecule has 0 bridgehead atoms. The molecule has 2 atom stereocenters. The van der Waals surface area contributed by atoms with Gasteiger partial charge in [-0.3, -0.25) is 0 Å². The number of halogens is 4. The minimum atomic E-state index is -4.65. The Kier molecular flexibility index (Phi) is 6.04. The van der Waals surface area contributed by atoms with Gasteiger partial charge in [-0.1, -0.05) is 30.4 Å². The predicted octanol–water partition coefficient (Wildman–Crippen LogP) is 7.58. The second-order valence-corrected chi connectivity index (χ2v) is 8.77. The Hall–Kier alpha value is -2.10. The van der Waals surface area contributed by atoms with E-state index in [0.717, 1.165) is 56.6 Å². The molecule has 0 saturated heterocycles. The molecule has 2 aliphatic carbocycles. The average Bonchev–Trinajstić information content (AvgIpc) is 2.72. The molecule has 0 aliphatic heterocycles. The van der Waals surface area contributed by atoms with Gasteiger partial charge in [0.2, 0.25) is 0 Å². The van der Waals surface area contributed by atoms with Crippen molar-refractivity contribution in [2.45, 2.75) is 70.4 Å². The molecule has 0 saturated carbocycles. The van der Waals surface area contributed by atoms with E-state index in [9.17, 15) is 17.6 Å². The highest BCUT2D eigenvalue weighted by atomic mass is 19.4. The van der Waals surface area contributed by atoms with Crippen molar-refractivity contribution in [2.75, 3.05) is 0 Å².